The zero-order valence-electron chi connectivity index (χ0n) is 19.4. The number of hydrogen-bond acceptors (Lipinski definition) is 6. The number of fused-ring (bicyclic) bond motifs is 3. The average Bonchev–Trinajstić information content (AvgIpc) is 2.57. The number of esters is 1. The normalized spacial score (nSPS) is 42.7. The number of ketones is 1. The van der Waals surface area contributed by atoms with E-state index in [1.165, 1.54) is 6.92 Å². The number of hydrogen-bond donors (Lipinski definition) is 2. The van der Waals surface area contributed by atoms with Crippen molar-refractivity contribution in [3.8, 4) is 0 Å². The van der Waals surface area contributed by atoms with Gasteiger partial charge in [-0.25, -0.2) is 0 Å². The molecule has 6 nitrogen and oxygen atoms in total. The largest absolute Gasteiger partial charge is 0.450 e. The Bertz CT molecular complexity index is 745. The van der Waals surface area contributed by atoms with Crippen LogP contribution in [0.2, 0.25) is 0 Å². The molecule has 7 unspecified atom stereocenters. The molecule has 1 saturated heterocycles. The molecular weight excluding hydrogens is 384 g/mol. The Morgan fingerprint density at radius 1 is 1.27 bits per heavy atom. The Kier molecular flexibility index (Phi) is 6.02. The second-order valence-electron chi connectivity index (χ2n) is 11.2. The highest BCUT2D eigenvalue weighted by molar-refractivity contribution is 5.94. The number of Topliss-reactive ketones (excluding diaryl/α,β-unsaturated/α-hetero) is 1. The molecule has 3 rings (SSSR count). The van der Waals surface area contributed by atoms with Crippen LogP contribution in [-0.4, -0.2) is 52.5 Å². The summed E-state index contributed by atoms with van der Waals surface area (Å²) < 4.78 is 11.4. The number of aliphatic hydroxyl groups excluding tert-OH is 1. The minimum atomic E-state index is -1.14. The molecule has 170 valence electrons. The van der Waals surface area contributed by atoms with Crippen LogP contribution in [0.4, 0.5) is 0 Å². The quantitative estimate of drug-likeness (QED) is 0.498. The fourth-order valence-electron chi connectivity index (χ4n) is 5.95. The summed E-state index contributed by atoms with van der Waals surface area (Å²) in [7, 11) is 0. The van der Waals surface area contributed by atoms with Crippen LogP contribution in [0.5, 0.6) is 0 Å². The predicted molar refractivity (Wildman–Crippen MR) is 113 cm³/mol. The van der Waals surface area contributed by atoms with E-state index in [9.17, 15) is 19.8 Å². The lowest BCUT2D eigenvalue weighted by atomic mass is 9.53. The van der Waals surface area contributed by atoms with Gasteiger partial charge < -0.3 is 19.7 Å². The van der Waals surface area contributed by atoms with Gasteiger partial charge in [0.15, 0.2) is 11.9 Å². The van der Waals surface area contributed by atoms with Crippen molar-refractivity contribution in [1.29, 1.82) is 0 Å². The lowest BCUT2D eigenvalue weighted by Gasteiger charge is -2.57. The van der Waals surface area contributed by atoms with Gasteiger partial charge in [0.05, 0.1) is 29.8 Å². The lowest BCUT2D eigenvalue weighted by Crippen LogP contribution is -2.65. The highest BCUT2D eigenvalue weighted by Crippen LogP contribution is 2.55. The average molecular weight is 423 g/mol. The first-order valence-corrected chi connectivity index (χ1v) is 11.1. The van der Waals surface area contributed by atoms with Gasteiger partial charge in [-0.1, -0.05) is 26.3 Å². The number of aliphatic hydroxyl groups is 2. The van der Waals surface area contributed by atoms with Crippen molar-refractivity contribution in [3.05, 3.63) is 11.1 Å². The molecule has 1 saturated carbocycles. The molecule has 0 spiro atoms. The molecule has 0 aromatic heterocycles. The van der Waals surface area contributed by atoms with Crippen LogP contribution in [0.15, 0.2) is 11.1 Å². The molecule has 0 radical (unpaired) electrons. The van der Waals surface area contributed by atoms with Crippen molar-refractivity contribution in [1.82, 2.24) is 0 Å². The molecule has 3 aliphatic rings. The summed E-state index contributed by atoms with van der Waals surface area (Å²) in [5.74, 6) is -0.917. The zero-order chi connectivity index (χ0) is 22.6. The Morgan fingerprint density at radius 3 is 2.40 bits per heavy atom. The maximum atomic E-state index is 14.2. The number of ether oxygens (including phenoxy) is 2. The highest BCUT2D eigenvalue weighted by Gasteiger charge is 2.62. The maximum absolute atomic E-state index is 14.2. The molecule has 2 N–H and O–H groups in total. The summed E-state index contributed by atoms with van der Waals surface area (Å²) in [6.07, 6.45) is -0.109. The molecule has 30 heavy (non-hydrogen) atoms. The molecule has 0 aromatic carbocycles. The third kappa shape index (κ3) is 3.98. The summed E-state index contributed by atoms with van der Waals surface area (Å²) in [5.41, 5.74) is -0.789. The molecule has 7 atom stereocenters. The topological polar surface area (TPSA) is 93.1 Å². The van der Waals surface area contributed by atoms with Crippen LogP contribution >= 0.6 is 0 Å². The van der Waals surface area contributed by atoms with Crippen molar-refractivity contribution in [3.63, 3.8) is 0 Å². The molecular formula is C24H38O6. The summed E-state index contributed by atoms with van der Waals surface area (Å²) in [4.78, 5) is 26.2. The molecule has 1 heterocycles. The van der Waals surface area contributed by atoms with E-state index in [-0.39, 0.29) is 23.7 Å². The fraction of sp³-hybridized carbons (Fsp3) is 0.833. The Balaban J connectivity index is 2.20. The van der Waals surface area contributed by atoms with Crippen molar-refractivity contribution in [2.75, 3.05) is 6.61 Å². The van der Waals surface area contributed by atoms with E-state index in [4.69, 9.17) is 9.47 Å². The van der Waals surface area contributed by atoms with E-state index in [2.05, 4.69) is 0 Å². The van der Waals surface area contributed by atoms with E-state index in [0.29, 0.717) is 32.3 Å². The van der Waals surface area contributed by atoms with Crippen molar-refractivity contribution < 1.29 is 29.3 Å². The fourth-order valence-corrected chi connectivity index (χ4v) is 5.95. The summed E-state index contributed by atoms with van der Waals surface area (Å²) in [6, 6.07) is 0. The van der Waals surface area contributed by atoms with Gasteiger partial charge in [0.25, 0.3) is 0 Å². The van der Waals surface area contributed by atoms with Crippen LogP contribution < -0.4 is 0 Å². The van der Waals surface area contributed by atoms with E-state index in [1.807, 2.05) is 34.6 Å². The maximum Gasteiger partial charge on any atom is 0.303 e. The smallest absolute Gasteiger partial charge is 0.303 e. The summed E-state index contributed by atoms with van der Waals surface area (Å²) in [5, 5.41) is 22.4. The number of rotatable bonds is 1. The van der Waals surface area contributed by atoms with Gasteiger partial charge >= 0.3 is 5.97 Å². The highest BCUT2D eigenvalue weighted by atomic mass is 16.5. The Morgan fingerprint density at radius 2 is 1.90 bits per heavy atom. The van der Waals surface area contributed by atoms with Crippen LogP contribution in [0.25, 0.3) is 0 Å². The Labute approximate surface area is 180 Å². The third-order valence-electron chi connectivity index (χ3n) is 7.70. The molecule has 0 bridgehead atoms. The predicted octanol–water partition coefficient (Wildman–Crippen LogP) is 3.19. The molecule has 2 aliphatic carbocycles. The second-order valence-corrected chi connectivity index (χ2v) is 11.2. The van der Waals surface area contributed by atoms with E-state index < -0.39 is 34.6 Å². The third-order valence-corrected chi connectivity index (χ3v) is 7.70. The molecule has 0 aromatic rings. The van der Waals surface area contributed by atoms with Gasteiger partial charge in [-0.05, 0) is 56.9 Å². The number of carbonyl (C=O) groups excluding carboxylic acids is 2. The first kappa shape index (κ1) is 23.4. The molecule has 1 aliphatic heterocycles. The lowest BCUT2D eigenvalue weighted by molar-refractivity contribution is -0.232. The molecule has 6 heteroatoms. The van der Waals surface area contributed by atoms with E-state index >= 15 is 0 Å². The van der Waals surface area contributed by atoms with Gasteiger partial charge in [-0.15, -0.1) is 0 Å². The van der Waals surface area contributed by atoms with E-state index in [0.717, 1.165) is 11.1 Å². The number of allylic oxidation sites excluding steroid dienone is 1. The van der Waals surface area contributed by atoms with Gasteiger partial charge in [-0.3, -0.25) is 9.59 Å². The SMILES string of the molecule is CC(=O)OC1C(=O)C2(C)C(O)CC3OCC3C2CC(C)(O)CCC(C)=C1C(C)(C)C. The Hall–Kier alpha value is -1.24. The zero-order valence-corrected chi connectivity index (χ0v) is 19.4. The second kappa shape index (κ2) is 7.72. The minimum absolute atomic E-state index is 0.0869. The van der Waals surface area contributed by atoms with Gasteiger partial charge in [0.2, 0.25) is 0 Å². The monoisotopic (exact) mass is 422 g/mol. The number of carbonyl (C=O) groups is 2. The molecule has 0 amide bonds. The van der Waals surface area contributed by atoms with Gasteiger partial charge in [0.1, 0.15) is 0 Å². The standard InChI is InChI=1S/C24H38O6/c1-13-8-9-23(6,28)11-16-15-12-29-17(15)10-18(26)24(16,7)21(27)20(30-14(2)25)19(13)22(3,4)5/h15-18,20,26,28H,8-12H2,1-7H3. The summed E-state index contributed by atoms with van der Waals surface area (Å²) in [6.45, 7) is 13.4. The van der Waals surface area contributed by atoms with Crippen LogP contribution in [0.3, 0.4) is 0 Å². The first-order chi connectivity index (χ1) is 13.7. The van der Waals surface area contributed by atoms with Gasteiger partial charge in [0, 0.05) is 19.3 Å². The van der Waals surface area contributed by atoms with Crippen molar-refractivity contribution in [2.45, 2.75) is 98.1 Å². The molecule has 2 fully saturated rings. The van der Waals surface area contributed by atoms with Crippen LogP contribution in [0.1, 0.15) is 74.1 Å². The minimum Gasteiger partial charge on any atom is -0.450 e. The van der Waals surface area contributed by atoms with E-state index in [1.54, 1.807) is 6.92 Å². The van der Waals surface area contributed by atoms with Crippen molar-refractivity contribution >= 4 is 11.8 Å². The first-order valence-electron chi connectivity index (χ1n) is 11.1. The summed E-state index contributed by atoms with van der Waals surface area (Å²) >= 11 is 0. The van der Waals surface area contributed by atoms with Crippen LogP contribution in [-0.2, 0) is 19.1 Å². The van der Waals surface area contributed by atoms with Crippen LogP contribution in [0, 0.1) is 22.7 Å². The van der Waals surface area contributed by atoms with Crippen molar-refractivity contribution in [2.24, 2.45) is 22.7 Å². The van der Waals surface area contributed by atoms with Gasteiger partial charge in [-0.2, -0.15) is 0 Å².